The molecule has 0 atom stereocenters. The fourth-order valence-electron chi connectivity index (χ4n) is 1.56. The molecule has 0 amide bonds. The summed E-state index contributed by atoms with van der Waals surface area (Å²) in [4.78, 5) is 0. The molecule has 1 aromatic carbocycles. The van der Waals surface area contributed by atoms with Crippen LogP contribution in [0.15, 0.2) is 18.2 Å². The molecule has 0 spiro atoms. The first kappa shape index (κ1) is 14.4. The van der Waals surface area contributed by atoms with Gasteiger partial charge >= 0.3 is 0 Å². The van der Waals surface area contributed by atoms with Gasteiger partial charge in [-0.3, -0.25) is 0 Å². The molecule has 0 unspecified atom stereocenters. The van der Waals surface area contributed by atoms with Crippen molar-refractivity contribution in [1.82, 2.24) is 0 Å². The van der Waals surface area contributed by atoms with Crippen LogP contribution in [0.2, 0.25) is 0 Å². The van der Waals surface area contributed by atoms with Gasteiger partial charge < -0.3 is 4.74 Å². The van der Waals surface area contributed by atoms with Gasteiger partial charge in [0.1, 0.15) is 5.75 Å². The van der Waals surface area contributed by atoms with Gasteiger partial charge in [0.25, 0.3) is 0 Å². The molecule has 0 bridgehead atoms. The van der Waals surface area contributed by atoms with E-state index in [4.69, 9.17) is 4.74 Å². The van der Waals surface area contributed by atoms with Crippen molar-refractivity contribution in [2.24, 2.45) is 5.41 Å². The Morgan fingerprint density at radius 2 is 1.94 bits per heavy atom. The Kier molecular flexibility index (Phi) is 4.93. The van der Waals surface area contributed by atoms with E-state index in [-0.39, 0.29) is 5.41 Å². The highest BCUT2D eigenvalue weighted by Gasteiger charge is 2.18. The quantitative estimate of drug-likeness (QED) is 0.762. The first-order valence-electron chi connectivity index (χ1n) is 6.20. The van der Waals surface area contributed by atoms with Crippen molar-refractivity contribution < 1.29 is 4.74 Å². The van der Waals surface area contributed by atoms with Gasteiger partial charge in [0, 0.05) is 5.41 Å². The highest BCUT2D eigenvalue weighted by atomic mass is 32.1. The second kappa shape index (κ2) is 5.81. The Bertz CT molecular complexity index is 369. The molecule has 0 aliphatic heterocycles. The summed E-state index contributed by atoms with van der Waals surface area (Å²) in [5.41, 5.74) is 2.64. The van der Waals surface area contributed by atoms with Crippen molar-refractivity contribution in [2.45, 2.75) is 40.5 Å². The maximum absolute atomic E-state index is 5.99. The SMILES string of the molecule is Cc1ccc(C(C)C)c(OCC(C)(C)CS)c1. The maximum atomic E-state index is 5.99. The van der Waals surface area contributed by atoms with Gasteiger partial charge in [-0.1, -0.05) is 39.8 Å². The number of thiol groups is 1. The average Bonchev–Trinajstić information content (AvgIpc) is 2.26. The zero-order chi connectivity index (χ0) is 13.1. The van der Waals surface area contributed by atoms with Crippen molar-refractivity contribution in [3.63, 3.8) is 0 Å². The zero-order valence-electron chi connectivity index (χ0n) is 11.6. The lowest BCUT2D eigenvalue weighted by atomic mass is 9.97. The van der Waals surface area contributed by atoms with Gasteiger partial charge in [-0.05, 0) is 35.8 Å². The third kappa shape index (κ3) is 4.27. The summed E-state index contributed by atoms with van der Waals surface area (Å²) in [6, 6.07) is 6.44. The summed E-state index contributed by atoms with van der Waals surface area (Å²) in [5.74, 6) is 2.34. The molecule has 0 radical (unpaired) electrons. The van der Waals surface area contributed by atoms with Gasteiger partial charge in [0.05, 0.1) is 6.61 Å². The van der Waals surface area contributed by atoms with E-state index in [1.54, 1.807) is 0 Å². The van der Waals surface area contributed by atoms with Gasteiger partial charge in [0.15, 0.2) is 0 Å². The van der Waals surface area contributed by atoms with Crippen molar-refractivity contribution in [2.75, 3.05) is 12.4 Å². The number of benzene rings is 1. The van der Waals surface area contributed by atoms with E-state index < -0.39 is 0 Å². The Morgan fingerprint density at radius 3 is 2.47 bits per heavy atom. The Labute approximate surface area is 111 Å². The van der Waals surface area contributed by atoms with Crippen LogP contribution in [0, 0.1) is 12.3 Å². The van der Waals surface area contributed by atoms with E-state index in [0.717, 1.165) is 11.5 Å². The van der Waals surface area contributed by atoms with Gasteiger partial charge in [-0.2, -0.15) is 12.6 Å². The molecule has 2 heteroatoms. The van der Waals surface area contributed by atoms with E-state index in [2.05, 4.69) is 65.4 Å². The summed E-state index contributed by atoms with van der Waals surface area (Å²) in [6.45, 7) is 11.5. The summed E-state index contributed by atoms with van der Waals surface area (Å²) >= 11 is 4.35. The zero-order valence-corrected chi connectivity index (χ0v) is 12.5. The van der Waals surface area contributed by atoms with E-state index in [1.807, 2.05) is 0 Å². The molecule has 0 saturated heterocycles. The van der Waals surface area contributed by atoms with Crippen LogP contribution in [-0.2, 0) is 0 Å². The van der Waals surface area contributed by atoms with Crippen LogP contribution in [0.1, 0.15) is 44.7 Å². The third-order valence-electron chi connectivity index (χ3n) is 2.84. The maximum Gasteiger partial charge on any atom is 0.123 e. The molecule has 1 nitrogen and oxygen atoms in total. The second-order valence-electron chi connectivity index (χ2n) is 5.81. The van der Waals surface area contributed by atoms with Crippen LogP contribution >= 0.6 is 12.6 Å². The fraction of sp³-hybridized carbons (Fsp3) is 0.600. The molecular formula is C15H24OS. The number of ether oxygens (including phenoxy) is 1. The highest BCUT2D eigenvalue weighted by molar-refractivity contribution is 7.80. The molecule has 0 aliphatic rings. The molecule has 17 heavy (non-hydrogen) atoms. The Balaban J connectivity index is 2.85. The number of aryl methyl sites for hydroxylation is 1. The first-order valence-corrected chi connectivity index (χ1v) is 6.83. The lowest BCUT2D eigenvalue weighted by Crippen LogP contribution is -2.23. The highest BCUT2D eigenvalue weighted by Crippen LogP contribution is 2.29. The largest absolute Gasteiger partial charge is 0.493 e. The van der Waals surface area contributed by atoms with Crippen LogP contribution < -0.4 is 4.74 Å². The van der Waals surface area contributed by atoms with Crippen molar-refractivity contribution >= 4 is 12.6 Å². The number of hydrogen-bond donors (Lipinski definition) is 1. The minimum Gasteiger partial charge on any atom is -0.493 e. The molecule has 0 aromatic heterocycles. The standard InChI is InChI=1S/C15H24OS/c1-11(2)13-7-6-12(3)8-14(13)16-9-15(4,5)10-17/h6-8,11,17H,9-10H2,1-5H3. The minimum absolute atomic E-state index is 0.112. The molecule has 1 rings (SSSR count). The molecule has 1 aromatic rings. The summed E-state index contributed by atoms with van der Waals surface area (Å²) in [5, 5.41) is 0. The number of rotatable bonds is 5. The van der Waals surface area contributed by atoms with Crippen molar-refractivity contribution in [3.05, 3.63) is 29.3 Å². The summed E-state index contributed by atoms with van der Waals surface area (Å²) in [7, 11) is 0. The fourth-order valence-corrected chi connectivity index (χ4v) is 1.65. The second-order valence-corrected chi connectivity index (χ2v) is 6.12. The normalized spacial score (nSPS) is 11.9. The monoisotopic (exact) mass is 252 g/mol. The number of hydrogen-bond acceptors (Lipinski definition) is 2. The van der Waals surface area contributed by atoms with Crippen LogP contribution in [0.25, 0.3) is 0 Å². The van der Waals surface area contributed by atoms with E-state index in [1.165, 1.54) is 11.1 Å². The molecular weight excluding hydrogens is 228 g/mol. The Morgan fingerprint density at radius 1 is 1.29 bits per heavy atom. The lowest BCUT2D eigenvalue weighted by molar-refractivity contribution is 0.200. The molecule has 96 valence electrons. The van der Waals surface area contributed by atoms with Crippen molar-refractivity contribution in [3.8, 4) is 5.75 Å². The van der Waals surface area contributed by atoms with Gasteiger partial charge in [-0.25, -0.2) is 0 Å². The molecule has 0 saturated carbocycles. The van der Waals surface area contributed by atoms with Crippen LogP contribution in [0.5, 0.6) is 5.75 Å². The Hall–Kier alpha value is -0.630. The van der Waals surface area contributed by atoms with Crippen LogP contribution in [0.3, 0.4) is 0 Å². The predicted molar refractivity (Wildman–Crippen MR) is 78.4 cm³/mol. The first-order chi connectivity index (χ1) is 7.85. The van der Waals surface area contributed by atoms with Crippen molar-refractivity contribution in [1.29, 1.82) is 0 Å². The lowest BCUT2D eigenvalue weighted by Gasteiger charge is -2.24. The van der Waals surface area contributed by atoms with Gasteiger partial charge in [-0.15, -0.1) is 0 Å². The van der Waals surface area contributed by atoms with E-state index in [0.29, 0.717) is 12.5 Å². The molecule has 0 fully saturated rings. The van der Waals surface area contributed by atoms with Gasteiger partial charge in [0.2, 0.25) is 0 Å². The third-order valence-corrected chi connectivity index (χ3v) is 3.69. The summed E-state index contributed by atoms with van der Waals surface area (Å²) in [6.07, 6.45) is 0. The molecule has 0 N–H and O–H groups in total. The van der Waals surface area contributed by atoms with Crippen LogP contribution in [0.4, 0.5) is 0 Å². The smallest absolute Gasteiger partial charge is 0.123 e. The topological polar surface area (TPSA) is 9.23 Å². The predicted octanol–water partition coefficient (Wildman–Crippen LogP) is 4.45. The molecule has 0 aliphatic carbocycles. The minimum atomic E-state index is 0.112. The molecule has 0 heterocycles. The van der Waals surface area contributed by atoms with E-state index in [9.17, 15) is 0 Å². The summed E-state index contributed by atoms with van der Waals surface area (Å²) < 4.78 is 5.99. The van der Waals surface area contributed by atoms with E-state index >= 15 is 0 Å². The van der Waals surface area contributed by atoms with Crippen LogP contribution in [-0.4, -0.2) is 12.4 Å². The average molecular weight is 252 g/mol.